The molecule has 26 heavy (non-hydrogen) atoms. The van der Waals surface area contributed by atoms with Gasteiger partial charge in [0.25, 0.3) is 0 Å². The average molecular weight is 372 g/mol. The molecule has 1 aliphatic carbocycles. The van der Waals surface area contributed by atoms with E-state index >= 15 is 0 Å². The van der Waals surface area contributed by atoms with E-state index in [2.05, 4.69) is 0 Å². The molecule has 8 nitrogen and oxygen atoms in total. The molecule has 0 spiro atoms. The molecule has 0 radical (unpaired) electrons. The zero-order valence-corrected chi connectivity index (χ0v) is 15.6. The second-order valence-electron chi connectivity index (χ2n) is 7.62. The van der Waals surface area contributed by atoms with Crippen LogP contribution in [0.2, 0.25) is 0 Å². The van der Waals surface area contributed by atoms with Gasteiger partial charge >= 0.3 is 23.9 Å². The normalized spacial score (nSPS) is 25.8. The van der Waals surface area contributed by atoms with Crippen molar-refractivity contribution in [3.63, 3.8) is 0 Å². The maximum atomic E-state index is 12.4. The Morgan fingerprint density at radius 2 is 1.04 bits per heavy atom. The largest absolute Gasteiger partial charge is 0.481 e. The Kier molecular flexibility index (Phi) is 8.05. The monoisotopic (exact) mass is 372 g/mol. The molecule has 1 fully saturated rings. The van der Waals surface area contributed by atoms with Gasteiger partial charge in [-0.25, -0.2) is 0 Å². The van der Waals surface area contributed by atoms with Crippen LogP contribution in [-0.2, 0) is 28.7 Å². The third kappa shape index (κ3) is 6.00. The van der Waals surface area contributed by atoms with E-state index in [9.17, 15) is 29.4 Å². The lowest BCUT2D eigenvalue weighted by molar-refractivity contribution is -0.173. The summed E-state index contributed by atoms with van der Waals surface area (Å²) in [4.78, 5) is 47.8. The fourth-order valence-corrected chi connectivity index (χ4v) is 2.98. The van der Waals surface area contributed by atoms with Crippen molar-refractivity contribution in [3.05, 3.63) is 0 Å². The van der Waals surface area contributed by atoms with Crippen LogP contribution >= 0.6 is 0 Å². The molecule has 0 aromatic rings. The van der Waals surface area contributed by atoms with Crippen LogP contribution < -0.4 is 0 Å². The van der Waals surface area contributed by atoms with E-state index in [0.29, 0.717) is 0 Å². The van der Waals surface area contributed by atoms with Crippen LogP contribution in [0.25, 0.3) is 0 Å². The molecule has 0 amide bonds. The molecular weight excluding hydrogens is 344 g/mol. The van der Waals surface area contributed by atoms with Crippen molar-refractivity contribution in [2.24, 2.45) is 35.5 Å². The molecule has 2 N–H and O–H groups in total. The SMILES string of the molecule is CC(C)COC(=O)C1CC(C(=O)O)C(C(=O)O)CC1C(=O)OCC(C)C. The standard InChI is InChI=1S/C18H28O8/c1-9(2)7-25-17(23)13-5-11(15(19)20)12(16(21)22)6-14(13)18(24)26-8-10(3)4/h9-14H,5-8H2,1-4H3,(H,19,20)(H,21,22). The first-order valence-electron chi connectivity index (χ1n) is 8.83. The molecule has 0 aromatic heterocycles. The van der Waals surface area contributed by atoms with E-state index < -0.39 is 47.5 Å². The van der Waals surface area contributed by atoms with Crippen LogP contribution in [0.4, 0.5) is 0 Å². The topological polar surface area (TPSA) is 127 Å². The Hall–Kier alpha value is -2.12. The summed E-state index contributed by atoms with van der Waals surface area (Å²) in [6.45, 7) is 7.69. The number of rotatable bonds is 8. The second kappa shape index (κ2) is 9.54. The molecule has 1 aliphatic rings. The number of ether oxygens (including phenoxy) is 2. The van der Waals surface area contributed by atoms with Gasteiger partial charge in [-0.15, -0.1) is 0 Å². The minimum atomic E-state index is -1.30. The first-order valence-corrected chi connectivity index (χ1v) is 8.83. The first kappa shape index (κ1) is 21.9. The van der Waals surface area contributed by atoms with Gasteiger partial charge in [0.2, 0.25) is 0 Å². The number of hydrogen-bond acceptors (Lipinski definition) is 6. The summed E-state index contributed by atoms with van der Waals surface area (Å²) in [5, 5.41) is 18.7. The maximum absolute atomic E-state index is 12.4. The van der Waals surface area contributed by atoms with Crippen molar-refractivity contribution in [1.82, 2.24) is 0 Å². The van der Waals surface area contributed by atoms with Crippen molar-refractivity contribution < 1.29 is 38.9 Å². The number of carboxylic acid groups (broad SMARTS) is 2. The van der Waals surface area contributed by atoms with Crippen molar-refractivity contribution in [2.75, 3.05) is 13.2 Å². The molecule has 0 bridgehead atoms. The van der Waals surface area contributed by atoms with Gasteiger partial charge in [0.15, 0.2) is 0 Å². The highest BCUT2D eigenvalue weighted by Crippen LogP contribution is 2.40. The summed E-state index contributed by atoms with van der Waals surface area (Å²) in [5.41, 5.74) is 0. The minimum absolute atomic E-state index is 0.0796. The molecule has 8 heteroatoms. The Morgan fingerprint density at radius 3 is 1.27 bits per heavy atom. The van der Waals surface area contributed by atoms with Crippen LogP contribution in [0.5, 0.6) is 0 Å². The maximum Gasteiger partial charge on any atom is 0.309 e. The second-order valence-corrected chi connectivity index (χ2v) is 7.62. The summed E-state index contributed by atoms with van der Waals surface area (Å²) in [6, 6.07) is 0. The van der Waals surface area contributed by atoms with Crippen LogP contribution in [-0.4, -0.2) is 47.3 Å². The highest BCUT2D eigenvalue weighted by molar-refractivity contribution is 5.86. The summed E-state index contributed by atoms with van der Waals surface area (Å²) >= 11 is 0. The zero-order chi connectivity index (χ0) is 20.0. The zero-order valence-electron chi connectivity index (χ0n) is 15.6. The van der Waals surface area contributed by atoms with Crippen LogP contribution in [0.15, 0.2) is 0 Å². The minimum Gasteiger partial charge on any atom is -0.481 e. The number of esters is 2. The fraction of sp³-hybridized carbons (Fsp3) is 0.778. The molecular formula is C18H28O8. The third-order valence-corrected chi connectivity index (χ3v) is 4.34. The summed E-state index contributed by atoms with van der Waals surface area (Å²) in [7, 11) is 0. The van der Waals surface area contributed by atoms with E-state index in [-0.39, 0.29) is 37.9 Å². The molecule has 0 aliphatic heterocycles. The van der Waals surface area contributed by atoms with E-state index in [1.165, 1.54) is 0 Å². The lowest BCUT2D eigenvalue weighted by atomic mass is 9.68. The van der Waals surface area contributed by atoms with Gasteiger partial charge in [-0.2, -0.15) is 0 Å². The van der Waals surface area contributed by atoms with Gasteiger partial charge in [-0.1, -0.05) is 27.7 Å². The molecule has 4 unspecified atom stereocenters. The predicted octanol–water partition coefficient (Wildman–Crippen LogP) is 1.81. The Morgan fingerprint density at radius 1 is 0.731 bits per heavy atom. The third-order valence-electron chi connectivity index (χ3n) is 4.34. The molecule has 4 atom stereocenters. The van der Waals surface area contributed by atoms with Crippen molar-refractivity contribution >= 4 is 23.9 Å². The molecule has 148 valence electrons. The van der Waals surface area contributed by atoms with Crippen molar-refractivity contribution in [3.8, 4) is 0 Å². The highest BCUT2D eigenvalue weighted by Gasteiger charge is 2.50. The van der Waals surface area contributed by atoms with E-state index in [4.69, 9.17) is 9.47 Å². The molecule has 0 aromatic carbocycles. The number of carboxylic acids is 2. The Labute approximate surface area is 152 Å². The van der Waals surface area contributed by atoms with Gasteiger partial charge < -0.3 is 19.7 Å². The van der Waals surface area contributed by atoms with E-state index in [1.54, 1.807) is 0 Å². The lowest BCUT2D eigenvalue weighted by Gasteiger charge is -2.35. The quantitative estimate of drug-likeness (QED) is 0.618. The van der Waals surface area contributed by atoms with Gasteiger partial charge in [-0.05, 0) is 24.7 Å². The van der Waals surface area contributed by atoms with Crippen LogP contribution in [0, 0.1) is 35.5 Å². The Balaban J connectivity index is 3.04. The van der Waals surface area contributed by atoms with Gasteiger partial charge in [-0.3, -0.25) is 19.2 Å². The number of aliphatic carboxylic acids is 2. The average Bonchev–Trinajstić information content (AvgIpc) is 2.55. The van der Waals surface area contributed by atoms with E-state index in [0.717, 1.165) is 0 Å². The number of hydrogen-bond donors (Lipinski definition) is 2. The van der Waals surface area contributed by atoms with Gasteiger partial charge in [0.1, 0.15) is 0 Å². The number of carbonyl (C=O) groups is 4. The van der Waals surface area contributed by atoms with Gasteiger partial charge in [0, 0.05) is 0 Å². The molecule has 1 rings (SSSR count). The van der Waals surface area contributed by atoms with Crippen molar-refractivity contribution in [1.29, 1.82) is 0 Å². The first-order chi connectivity index (χ1) is 12.0. The summed E-state index contributed by atoms with van der Waals surface area (Å²) < 4.78 is 10.4. The summed E-state index contributed by atoms with van der Waals surface area (Å²) in [5.74, 6) is -8.35. The molecule has 1 saturated carbocycles. The predicted molar refractivity (Wildman–Crippen MR) is 90.1 cm³/mol. The van der Waals surface area contributed by atoms with Crippen LogP contribution in [0.3, 0.4) is 0 Å². The molecule has 0 saturated heterocycles. The smallest absolute Gasteiger partial charge is 0.309 e. The lowest BCUT2D eigenvalue weighted by Crippen LogP contribution is -2.46. The van der Waals surface area contributed by atoms with E-state index in [1.807, 2.05) is 27.7 Å². The summed E-state index contributed by atoms with van der Waals surface area (Å²) in [6.07, 6.45) is -0.519. The van der Waals surface area contributed by atoms with Crippen LogP contribution in [0.1, 0.15) is 40.5 Å². The fourth-order valence-electron chi connectivity index (χ4n) is 2.98. The van der Waals surface area contributed by atoms with Crippen molar-refractivity contribution in [2.45, 2.75) is 40.5 Å². The van der Waals surface area contributed by atoms with Gasteiger partial charge in [0.05, 0.1) is 36.9 Å². The Bertz CT molecular complexity index is 491. The number of carbonyl (C=O) groups excluding carboxylic acids is 2. The highest BCUT2D eigenvalue weighted by atomic mass is 16.5. The molecule has 0 heterocycles.